The molecule has 2 aliphatic rings. The van der Waals surface area contributed by atoms with Crippen molar-refractivity contribution < 1.29 is 14.9 Å². The van der Waals surface area contributed by atoms with Crippen LogP contribution in [0.15, 0.2) is 0 Å². The van der Waals surface area contributed by atoms with Crippen molar-refractivity contribution in [1.29, 1.82) is 0 Å². The molecule has 2 rings (SSSR count). The van der Waals surface area contributed by atoms with Gasteiger partial charge in [0.15, 0.2) is 0 Å². The molecule has 0 spiro atoms. The highest BCUT2D eigenvalue weighted by atomic mass is 16.6. The molecule has 0 aromatic heterocycles. The van der Waals surface area contributed by atoms with Crippen LogP contribution in [0.5, 0.6) is 0 Å². The first-order valence-corrected chi connectivity index (χ1v) is 3.77. The molecule has 0 amide bonds. The van der Waals surface area contributed by atoms with Crippen LogP contribution in [0.2, 0.25) is 0 Å². The van der Waals surface area contributed by atoms with Gasteiger partial charge in [0.1, 0.15) is 6.10 Å². The predicted molar refractivity (Wildman–Crippen MR) is 34.5 cm³/mol. The van der Waals surface area contributed by atoms with Gasteiger partial charge in [-0.3, -0.25) is 0 Å². The van der Waals surface area contributed by atoms with E-state index in [2.05, 4.69) is 0 Å². The van der Waals surface area contributed by atoms with Gasteiger partial charge in [0.05, 0.1) is 12.2 Å². The molecule has 0 aromatic carbocycles. The minimum absolute atomic E-state index is 0.0471. The van der Waals surface area contributed by atoms with Crippen molar-refractivity contribution >= 4 is 0 Å². The molecule has 2 fully saturated rings. The summed E-state index contributed by atoms with van der Waals surface area (Å²) >= 11 is 0. The molecule has 4 unspecified atom stereocenters. The highest BCUT2D eigenvalue weighted by molar-refractivity contribution is 4.99. The van der Waals surface area contributed by atoms with Gasteiger partial charge in [-0.15, -0.1) is 0 Å². The Morgan fingerprint density at radius 2 is 2.10 bits per heavy atom. The van der Waals surface area contributed by atoms with E-state index in [4.69, 9.17) is 9.84 Å². The van der Waals surface area contributed by atoms with Gasteiger partial charge in [-0.25, -0.2) is 0 Å². The molecule has 4 atom stereocenters. The van der Waals surface area contributed by atoms with Crippen LogP contribution in [0.4, 0.5) is 0 Å². The number of rotatable bonds is 1. The predicted octanol–water partition coefficient (Wildman–Crippen LogP) is -0.483. The van der Waals surface area contributed by atoms with Gasteiger partial charge < -0.3 is 14.9 Å². The average molecular weight is 144 g/mol. The molecule has 0 bridgehead atoms. The third-order valence-corrected chi connectivity index (χ3v) is 2.47. The zero-order valence-corrected chi connectivity index (χ0v) is 5.73. The topological polar surface area (TPSA) is 53.0 Å². The van der Waals surface area contributed by atoms with Gasteiger partial charge in [0.25, 0.3) is 0 Å². The standard InChI is InChI=1S/C7H12O3/c8-3-4-1-2-5(9)7-6(4)10-7/h4-9H,1-3H2. The second-order valence-electron chi connectivity index (χ2n) is 3.15. The van der Waals surface area contributed by atoms with Gasteiger partial charge in [-0.1, -0.05) is 0 Å². The SMILES string of the molecule is OCC1CCC(O)C2OC12. The van der Waals surface area contributed by atoms with Crippen molar-refractivity contribution in [3.63, 3.8) is 0 Å². The van der Waals surface area contributed by atoms with E-state index in [9.17, 15) is 5.11 Å². The maximum Gasteiger partial charge on any atom is 0.110 e. The summed E-state index contributed by atoms with van der Waals surface area (Å²) < 4.78 is 5.18. The minimum atomic E-state index is -0.271. The average Bonchev–Trinajstić information content (AvgIpc) is 2.68. The van der Waals surface area contributed by atoms with Crippen LogP contribution in [-0.2, 0) is 4.74 Å². The number of aliphatic hydroxyl groups excluding tert-OH is 2. The minimum Gasteiger partial charge on any atom is -0.396 e. The van der Waals surface area contributed by atoms with Crippen molar-refractivity contribution in [3.05, 3.63) is 0 Å². The number of hydrogen-bond acceptors (Lipinski definition) is 3. The first kappa shape index (κ1) is 6.58. The fraction of sp³-hybridized carbons (Fsp3) is 1.00. The Bertz CT molecular complexity index is 137. The monoisotopic (exact) mass is 144 g/mol. The molecule has 1 saturated carbocycles. The zero-order valence-electron chi connectivity index (χ0n) is 5.73. The first-order chi connectivity index (χ1) is 4.83. The van der Waals surface area contributed by atoms with Crippen molar-refractivity contribution in [2.24, 2.45) is 5.92 Å². The van der Waals surface area contributed by atoms with Crippen LogP contribution in [0.3, 0.4) is 0 Å². The molecule has 3 nitrogen and oxygen atoms in total. The number of aliphatic hydroxyl groups is 2. The van der Waals surface area contributed by atoms with Crippen LogP contribution in [-0.4, -0.2) is 35.1 Å². The molecule has 3 heteroatoms. The Balaban J connectivity index is 1.95. The fourth-order valence-corrected chi connectivity index (χ4v) is 1.73. The normalized spacial score (nSPS) is 52.2. The van der Waals surface area contributed by atoms with E-state index in [1.165, 1.54) is 0 Å². The third-order valence-electron chi connectivity index (χ3n) is 2.47. The Kier molecular flexibility index (Phi) is 1.44. The fourth-order valence-electron chi connectivity index (χ4n) is 1.73. The molecular weight excluding hydrogens is 132 g/mol. The van der Waals surface area contributed by atoms with E-state index >= 15 is 0 Å². The molecule has 1 aliphatic heterocycles. The summed E-state index contributed by atoms with van der Waals surface area (Å²) in [6.45, 7) is 0.202. The Hall–Kier alpha value is -0.120. The number of epoxide rings is 1. The second kappa shape index (κ2) is 2.19. The summed E-state index contributed by atoms with van der Waals surface area (Å²) in [4.78, 5) is 0. The maximum atomic E-state index is 9.23. The van der Waals surface area contributed by atoms with Crippen LogP contribution < -0.4 is 0 Å². The Morgan fingerprint density at radius 3 is 2.80 bits per heavy atom. The summed E-state index contributed by atoms with van der Waals surface area (Å²) in [6.07, 6.45) is 1.62. The van der Waals surface area contributed by atoms with E-state index < -0.39 is 0 Å². The smallest absolute Gasteiger partial charge is 0.110 e. The number of ether oxygens (including phenoxy) is 1. The quantitative estimate of drug-likeness (QED) is 0.488. The lowest BCUT2D eigenvalue weighted by molar-refractivity contribution is 0.107. The number of fused-ring (bicyclic) bond motifs is 1. The van der Waals surface area contributed by atoms with Crippen molar-refractivity contribution in [2.75, 3.05) is 6.61 Å². The second-order valence-corrected chi connectivity index (χ2v) is 3.15. The van der Waals surface area contributed by atoms with Gasteiger partial charge in [0.2, 0.25) is 0 Å². The van der Waals surface area contributed by atoms with E-state index in [0.717, 1.165) is 12.8 Å². The van der Waals surface area contributed by atoms with Crippen molar-refractivity contribution in [3.8, 4) is 0 Å². The molecule has 0 aromatic rings. The van der Waals surface area contributed by atoms with Crippen molar-refractivity contribution in [1.82, 2.24) is 0 Å². The largest absolute Gasteiger partial charge is 0.396 e. The van der Waals surface area contributed by atoms with Gasteiger partial charge in [0, 0.05) is 12.5 Å². The summed E-state index contributed by atoms with van der Waals surface area (Å²) in [5, 5.41) is 18.0. The highest BCUT2D eigenvalue weighted by Gasteiger charge is 2.51. The molecule has 10 heavy (non-hydrogen) atoms. The van der Waals surface area contributed by atoms with Crippen LogP contribution in [0, 0.1) is 5.92 Å². The number of hydrogen-bond donors (Lipinski definition) is 2. The molecule has 1 aliphatic carbocycles. The lowest BCUT2D eigenvalue weighted by Gasteiger charge is -2.18. The lowest BCUT2D eigenvalue weighted by atomic mass is 9.88. The third kappa shape index (κ3) is 0.856. The van der Waals surface area contributed by atoms with Gasteiger partial charge in [-0.2, -0.15) is 0 Å². The molecule has 2 N–H and O–H groups in total. The summed E-state index contributed by atoms with van der Waals surface area (Å²) in [7, 11) is 0. The van der Waals surface area contributed by atoms with E-state index in [1.807, 2.05) is 0 Å². The van der Waals surface area contributed by atoms with E-state index in [0.29, 0.717) is 0 Å². The Labute approximate surface area is 59.6 Å². The maximum absolute atomic E-state index is 9.23. The van der Waals surface area contributed by atoms with Crippen molar-refractivity contribution in [2.45, 2.75) is 31.2 Å². The highest BCUT2D eigenvalue weighted by Crippen LogP contribution is 2.40. The molecule has 1 heterocycles. The van der Waals surface area contributed by atoms with Crippen LogP contribution in [0.25, 0.3) is 0 Å². The van der Waals surface area contributed by atoms with Gasteiger partial charge >= 0.3 is 0 Å². The molecule has 1 saturated heterocycles. The zero-order chi connectivity index (χ0) is 7.14. The molecule has 58 valence electrons. The van der Waals surface area contributed by atoms with Crippen LogP contribution in [0.1, 0.15) is 12.8 Å². The van der Waals surface area contributed by atoms with E-state index in [1.54, 1.807) is 0 Å². The summed E-state index contributed by atoms with van der Waals surface area (Å²) in [5.41, 5.74) is 0. The first-order valence-electron chi connectivity index (χ1n) is 3.77. The lowest BCUT2D eigenvalue weighted by Crippen LogP contribution is -2.29. The van der Waals surface area contributed by atoms with Crippen LogP contribution >= 0.6 is 0 Å². The molecule has 0 radical (unpaired) electrons. The summed E-state index contributed by atoms with van der Waals surface area (Å²) in [5.74, 6) is 0.286. The van der Waals surface area contributed by atoms with Gasteiger partial charge in [-0.05, 0) is 12.8 Å². The molecular formula is C7H12O3. The van der Waals surface area contributed by atoms with E-state index in [-0.39, 0.29) is 30.8 Å². The Morgan fingerprint density at radius 1 is 1.30 bits per heavy atom. The summed E-state index contributed by atoms with van der Waals surface area (Å²) in [6, 6.07) is 0.